The van der Waals surface area contributed by atoms with Gasteiger partial charge in [-0.25, -0.2) is 9.59 Å². The fraction of sp³-hybridized carbons (Fsp3) is 0.388. The number of carbonyl (C=O) groups excluding carboxylic acids is 9. The molecule has 0 spiro atoms. The van der Waals surface area contributed by atoms with Crippen molar-refractivity contribution in [2.45, 2.75) is 82.6 Å². The summed E-state index contributed by atoms with van der Waals surface area (Å²) in [7, 11) is 7.40. The average molecular weight is 1220 g/mol. The number of fused-ring (bicyclic) bond motifs is 3. The molecule has 472 valence electrons. The molecule has 1 saturated heterocycles. The number of hydrogen-bond donors (Lipinski definition) is 4. The quantitative estimate of drug-likeness (QED) is 0.106. The Kier molecular flexibility index (Phi) is 24.0. The first kappa shape index (κ1) is 66.9. The number of ketones is 1. The Labute approximate surface area is 518 Å². The number of methoxy groups -OCH3 is 2. The molecular weight excluding hydrogens is 1140 g/mol. The second kappa shape index (κ2) is 31.9. The number of phenols is 1. The number of aryl methyl sites for hydroxylation is 1. The topological polar surface area (TPSA) is 269 Å². The summed E-state index contributed by atoms with van der Waals surface area (Å²) >= 11 is 0. The van der Waals surface area contributed by atoms with Crippen LogP contribution in [0.2, 0.25) is 0 Å². The molecule has 5 atom stereocenters. The van der Waals surface area contributed by atoms with Crippen molar-refractivity contribution < 1.29 is 71.9 Å². The van der Waals surface area contributed by atoms with Crippen LogP contribution in [0.5, 0.6) is 23.0 Å². The molecule has 0 saturated carbocycles. The highest BCUT2D eigenvalue weighted by Gasteiger charge is 2.43. The Bertz CT molecular complexity index is 3320. The molecular formula is C67H79N7O15. The van der Waals surface area contributed by atoms with E-state index in [9.17, 15) is 48.3 Å². The fourth-order valence-electron chi connectivity index (χ4n) is 10.3. The maximum Gasteiger partial charge on any atom is 0.330 e. The molecule has 2 heterocycles. The van der Waals surface area contributed by atoms with Crippen molar-refractivity contribution in [3.05, 3.63) is 167 Å². The van der Waals surface area contributed by atoms with Crippen molar-refractivity contribution in [2.75, 3.05) is 81.3 Å². The van der Waals surface area contributed by atoms with Crippen molar-refractivity contribution >= 4 is 53.2 Å². The molecule has 22 heteroatoms. The highest BCUT2D eigenvalue weighted by atomic mass is 16.5. The molecule has 2 aliphatic rings. The van der Waals surface area contributed by atoms with E-state index >= 15 is 0 Å². The van der Waals surface area contributed by atoms with Gasteiger partial charge in [0.2, 0.25) is 29.4 Å². The monoisotopic (exact) mass is 1220 g/mol. The Morgan fingerprint density at radius 3 is 1.96 bits per heavy atom. The summed E-state index contributed by atoms with van der Waals surface area (Å²) < 4.78 is 28.9. The number of ether oxygens (including phenoxy) is 5. The second-order valence-electron chi connectivity index (χ2n) is 22.7. The maximum atomic E-state index is 14.9. The molecule has 7 rings (SSSR count). The van der Waals surface area contributed by atoms with Gasteiger partial charge in [0.05, 0.1) is 26.2 Å². The molecule has 0 aromatic heterocycles. The van der Waals surface area contributed by atoms with Crippen molar-refractivity contribution in [3.8, 4) is 23.0 Å². The SMILES string of the molecule is COc1ccc(CC[C@H]2OC(=O)[C@@H]3CNCCN3C(=O)C(=O)C(C)(C)COC(=O)/C=C/CCN(C)C(=O)[C@@H](Cc3ccccc3)NC(=O)CN(C)C(=O)[C@@H](Cc3ccccc3)NC(=O)[C@H](Cc3ccc(O)cc3)N(C)C(=O)COc3cccc2c3)cc1OC. The number of Topliss-reactive ketones (excluding diaryl/α,β-unsaturated/α-hetero) is 1. The molecule has 89 heavy (non-hydrogen) atoms. The van der Waals surface area contributed by atoms with E-state index < -0.39 is 109 Å². The molecule has 2 bridgehead atoms. The standard InChI is InChI=1S/C67H79N7O15/c1-67(2)43-88-60(78)23-14-15-33-71(3)63(81)51(35-44-17-10-8-11-18-44)69-58(76)41-72(4)64(82)52(36-45-19-12-9-13-20-45)70-62(80)53(37-46-24-28-49(75)29-25-46)73(5)59(77)42-87-50-22-16-21-48(39-50)55(30-26-47-27-31-56(85-6)57(38-47)86-7)89-66(84)54-40-68-32-34-74(54)65(83)61(67)79/h8-14,16-25,27-29,31,38-39,51-55,68,75H,15,26,30,32-37,40-43H2,1-7H3,(H,69,76)(H,70,80)/b23-14+/t51-,52-,53+,54+,55-/m1/s1. The van der Waals surface area contributed by atoms with Crippen LogP contribution in [0, 0.1) is 5.41 Å². The number of nitrogens with zero attached hydrogens (tertiary/aromatic N) is 4. The van der Waals surface area contributed by atoms with Gasteiger partial charge >= 0.3 is 11.9 Å². The predicted octanol–water partition coefficient (Wildman–Crippen LogP) is 4.35. The number of phenolic OH excluding ortho intramolecular Hbond substituents is 1. The number of amides is 6. The van der Waals surface area contributed by atoms with Gasteiger partial charge in [0.25, 0.3) is 11.8 Å². The van der Waals surface area contributed by atoms with Gasteiger partial charge in [0, 0.05) is 72.7 Å². The smallest absolute Gasteiger partial charge is 0.330 e. The van der Waals surface area contributed by atoms with E-state index in [1.165, 1.54) is 70.2 Å². The third-order valence-electron chi connectivity index (χ3n) is 15.5. The van der Waals surface area contributed by atoms with Gasteiger partial charge in [0.15, 0.2) is 18.1 Å². The highest BCUT2D eigenvalue weighted by Crippen LogP contribution is 2.32. The van der Waals surface area contributed by atoms with Crippen LogP contribution in [0.1, 0.15) is 60.6 Å². The minimum absolute atomic E-state index is 0.0112. The van der Waals surface area contributed by atoms with Gasteiger partial charge < -0.3 is 64.3 Å². The highest BCUT2D eigenvalue weighted by molar-refractivity contribution is 6.38. The van der Waals surface area contributed by atoms with Crippen LogP contribution in [0.15, 0.2) is 140 Å². The molecule has 4 N–H and O–H groups in total. The van der Waals surface area contributed by atoms with Crippen LogP contribution >= 0.6 is 0 Å². The number of benzene rings is 5. The number of rotatable bonds is 11. The molecule has 5 aromatic carbocycles. The van der Waals surface area contributed by atoms with Gasteiger partial charge in [-0.15, -0.1) is 0 Å². The molecule has 2 aliphatic heterocycles. The van der Waals surface area contributed by atoms with Gasteiger partial charge in [-0.2, -0.15) is 0 Å². The maximum absolute atomic E-state index is 14.9. The van der Waals surface area contributed by atoms with Crippen molar-refractivity contribution in [1.29, 1.82) is 0 Å². The van der Waals surface area contributed by atoms with E-state index in [0.29, 0.717) is 34.6 Å². The van der Waals surface area contributed by atoms with Crippen LogP contribution < -0.4 is 30.2 Å². The fourth-order valence-corrected chi connectivity index (χ4v) is 10.3. The van der Waals surface area contributed by atoms with E-state index in [1.54, 1.807) is 110 Å². The summed E-state index contributed by atoms with van der Waals surface area (Å²) in [6.07, 6.45) is 2.37. The summed E-state index contributed by atoms with van der Waals surface area (Å²) in [6.45, 7) is 1.61. The Morgan fingerprint density at radius 1 is 0.663 bits per heavy atom. The number of cyclic esters (lactones) is 2. The molecule has 1 fully saturated rings. The number of esters is 2. The number of nitrogens with one attached hydrogen (secondary N) is 3. The lowest BCUT2D eigenvalue weighted by molar-refractivity contribution is -0.164. The molecule has 5 aromatic rings. The van der Waals surface area contributed by atoms with E-state index in [-0.39, 0.29) is 69.8 Å². The number of carbonyl (C=O) groups is 9. The number of aromatic hydroxyl groups is 1. The minimum atomic E-state index is -1.54. The van der Waals surface area contributed by atoms with E-state index in [0.717, 1.165) is 27.0 Å². The Hall–Kier alpha value is -9.57. The summed E-state index contributed by atoms with van der Waals surface area (Å²) in [6, 6.07) is 31.1. The number of piperazine rings is 1. The Balaban J connectivity index is 1.21. The summed E-state index contributed by atoms with van der Waals surface area (Å²) in [4.78, 5) is 133. The first-order valence-corrected chi connectivity index (χ1v) is 29.4. The summed E-state index contributed by atoms with van der Waals surface area (Å²) in [5.74, 6) is -5.49. The lowest BCUT2D eigenvalue weighted by Gasteiger charge is -2.36. The third-order valence-corrected chi connectivity index (χ3v) is 15.5. The van der Waals surface area contributed by atoms with E-state index in [2.05, 4.69) is 16.0 Å². The summed E-state index contributed by atoms with van der Waals surface area (Å²) in [5, 5.41) is 19.0. The van der Waals surface area contributed by atoms with Crippen molar-refractivity contribution in [3.63, 3.8) is 0 Å². The van der Waals surface area contributed by atoms with Crippen LogP contribution in [-0.2, 0) is 78.3 Å². The Morgan fingerprint density at radius 2 is 1.29 bits per heavy atom. The predicted molar refractivity (Wildman–Crippen MR) is 328 cm³/mol. The van der Waals surface area contributed by atoms with Crippen molar-refractivity contribution in [2.24, 2.45) is 5.41 Å². The zero-order valence-electron chi connectivity index (χ0n) is 51.3. The van der Waals surface area contributed by atoms with E-state index in [1.807, 2.05) is 12.1 Å². The normalized spacial score (nSPS) is 21.5. The number of likely N-dealkylation sites (N-methyl/N-ethyl adjacent to an activating group) is 3. The number of hydrogen-bond acceptors (Lipinski definition) is 16. The van der Waals surface area contributed by atoms with Crippen molar-refractivity contribution in [1.82, 2.24) is 35.6 Å². The van der Waals surface area contributed by atoms with E-state index in [4.69, 9.17) is 23.7 Å². The average Bonchev–Trinajstić information content (AvgIpc) is 3.59. The largest absolute Gasteiger partial charge is 0.508 e. The molecule has 0 aliphatic carbocycles. The second-order valence-corrected chi connectivity index (χ2v) is 22.7. The first-order valence-electron chi connectivity index (χ1n) is 29.4. The summed E-state index contributed by atoms with van der Waals surface area (Å²) in [5.41, 5.74) is 1.71. The molecule has 22 nitrogen and oxygen atoms in total. The van der Waals surface area contributed by atoms with Gasteiger partial charge in [-0.05, 0) is 97.3 Å². The zero-order valence-corrected chi connectivity index (χ0v) is 51.3. The first-order chi connectivity index (χ1) is 42.6. The minimum Gasteiger partial charge on any atom is -0.508 e. The van der Waals surface area contributed by atoms with Crippen LogP contribution in [0.4, 0.5) is 0 Å². The van der Waals surface area contributed by atoms with Crippen LogP contribution in [0.25, 0.3) is 0 Å². The lowest BCUT2D eigenvalue weighted by atomic mass is 9.88. The van der Waals surface area contributed by atoms with Crippen LogP contribution in [-0.4, -0.2) is 183 Å². The van der Waals surface area contributed by atoms with Gasteiger partial charge in [0.1, 0.15) is 48.4 Å². The van der Waals surface area contributed by atoms with Crippen LogP contribution in [0.3, 0.4) is 0 Å². The van der Waals surface area contributed by atoms with Gasteiger partial charge in [-0.1, -0.05) is 97.1 Å². The zero-order chi connectivity index (χ0) is 64.2. The lowest BCUT2D eigenvalue weighted by Crippen LogP contribution is -2.60. The molecule has 0 unspecified atom stereocenters. The van der Waals surface area contributed by atoms with Gasteiger partial charge in [-0.3, -0.25) is 33.6 Å². The third kappa shape index (κ3) is 19.0. The molecule has 6 amide bonds. The molecule has 0 radical (unpaired) electrons.